The van der Waals surface area contributed by atoms with Gasteiger partial charge in [0.1, 0.15) is 0 Å². The molecule has 1 heterocycles. The van der Waals surface area contributed by atoms with Gasteiger partial charge in [0.15, 0.2) is 0 Å². The number of carbonyl (C=O) groups is 1. The molecule has 1 rings (SSSR count). The van der Waals surface area contributed by atoms with E-state index in [1.807, 2.05) is 11.8 Å². The van der Waals surface area contributed by atoms with E-state index in [9.17, 15) is 4.79 Å². The van der Waals surface area contributed by atoms with Crippen LogP contribution in [-0.2, 0) is 9.53 Å². The van der Waals surface area contributed by atoms with E-state index in [1.54, 1.807) is 7.11 Å². The second-order valence-electron chi connectivity index (χ2n) is 4.23. The summed E-state index contributed by atoms with van der Waals surface area (Å²) in [5.74, 6) is 0.257. The highest BCUT2D eigenvalue weighted by Crippen LogP contribution is 2.08. The highest BCUT2D eigenvalue weighted by molar-refractivity contribution is 5.76. The summed E-state index contributed by atoms with van der Waals surface area (Å²) in [6.45, 7) is 6.74. The molecule has 15 heavy (non-hydrogen) atoms. The average molecular weight is 214 g/mol. The van der Waals surface area contributed by atoms with Crippen LogP contribution in [0.5, 0.6) is 0 Å². The van der Waals surface area contributed by atoms with Gasteiger partial charge in [0.25, 0.3) is 0 Å². The Balaban J connectivity index is 2.32. The SMILES string of the molecule is COC(C)CCC(=O)N1CCNCC1C. The third kappa shape index (κ3) is 3.80. The molecule has 1 amide bonds. The van der Waals surface area contributed by atoms with Crippen molar-refractivity contribution in [2.75, 3.05) is 26.7 Å². The monoisotopic (exact) mass is 214 g/mol. The molecule has 1 fully saturated rings. The minimum atomic E-state index is 0.173. The summed E-state index contributed by atoms with van der Waals surface area (Å²) in [5.41, 5.74) is 0. The number of piperazine rings is 1. The molecular weight excluding hydrogens is 192 g/mol. The summed E-state index contributed by atoms with van der Waals surface area (Å²) in [5, 5.41) is 3.28. The van der Waals surface area contributed by atoms with E-state index < -0.39 is 0 Å². The number of carbonyl (C=O) groups excluding carboxylic acids is 1. The molecule has 1 saturated heterocycles. The van der Waals surface area contributed by atoms with Gasteiger partial charge in [0, 0.05) is 39.2 Å². The highest BCUT2D eigenvalue weighted by Gasteiger charge is 2.22. The minimum absolute atomic E-state index is 0.173. The lowest BCUT2D eigenvalue weighted by Crippen LogP contribution is -2.52. The fourth-order valence-corrected chi connectivity index (χ4v) is 1.80. The molecule has 1 N–H and O–H groups in total. The van der Waals surface area contributed by atoms with Crippen molar-refractivity contribution in [2.45, 2.75) is 38.8 Å². The minimum Gasteiger partial charge on any atom is -0.382 e. The van der Waals surface area contributed by atoms with Gasteiger partial charge in [0.2, 0.25) is 5.91 Å². The number of methoxy groups -OCH3 is 1. The largest absolute Gasteiger partial charge is 0.382 e. The fourth-order valence-electron chi connectivity index (χ4n) is 1.80. The van der Waals surface area contributed by atoms with E-state index in [-0.39, 0.29) is 12.0 Å². The summed E-state index contributed by atoms with van der Waals surface area (Å²) in [7, 11) is 1.68. The zero-order valence-electron chi connectivity index (χ0n) is 9.95. The summed E-state index contributed by atoms with van der Waals surface area (Å²) in [4.78, 5) is 13.8. The van der Waals surface area contributed by atoms with Crippen LogP contribution < -0.4 is 5.32 Å². The smallest absolute Gasteiger partial charge is 0.222 e. The molecule has 0 aromatic heterocycles. The van der Waals surface area contributed by atoms with E-state index in [0.717, 1.165) is 26.1 Å². The maximum Gasteiger partial charge on any atom is 0.222 e. The van der Waals surface area contributed by atoms with Crippen molar-refractivity contribution in [3.05, 3.63) is 0 Å². The Hall–Kier alpha value is -0.610. The van der Waals surface area contributed by atoms with Gasteiger partial charge in [-0.3, -0.25) is 4.79 Å². The van der Waals surface area contributed by atoms with E-state index >= 15 is 0 Å². The molecule has 2 atom stereocenters. The van der Waals surface area contributed by atoms with Gasteiger partial charge >= 0.3 is 0 Å². The van der Waals surface area contributed by atoms with Crippen molar-refractivity contribution < 1.29 is 9.53 Å². The predicted octanol–water partition coefficient (Wildman–Crippen LogP) is 0.622. The van der Waals surface area contributed by atoms with Crippen molar-refractivity contribution in [3.63, 3.8) is 0 Å². The van der Waals surface area contributed by atoms with Gasteiger partial charge in [0.05, 0.1) is 6.10 Å². The number of nitrogens with zero attached hydrogens (tertiary/aromatic N) is 1. The fraction of sp³-hybridized carbons (Fsp3) is 0.909. The van der Waals surface area contributed by atoms with Crippen LogP contribution in [0.15, 0.2) is 0 Å². The predicted molar refractivity (Wildman–Crippen MR) is 59.7 cm³/mol. The molecular formula is C11H22N2O2. The Kier molecular flexibility index (Phi) is 5.05. The average Bonchev–Trinajstić information content (AvgIpc) is 2.26. The summed E-state index contributed by atoms with van der Waals surface area (Å²) < 4.78 is 5.13. The maximum atomic E-state index is 11.9. The van der Waals surface area contributed by atoms with Crippen molar-refractivity contribution >= 4 is 5.91 Å². The third-order valence-electron chi connectivity index (χ3n) is 2.99. The second kappa shape index (κ2) is 6.08. The summed E-state index contributed by atoms with van der Waals surface area (Å²) >= 11 is 0. The van der Waals surface area contributed by atoms with E-state index in [4.69, 9.17) is 4.74 Å². The molecule has 0 radical (unpaired) electrons. The molecule has 0 aromatic carbocycles. The lowest BCUT2D eigenvalue weighted by atomic mass is 10.1. The normalized spacial score (nSPS) is 23.9. The Morgan fingerprint density at radius 3 is 3.00 bits per heavy atom. The summed E-state index contributed by atoms with van der Waals surface area (Å²) in [6.07, 6.45) is 1.58. The Bertz CT molecular complexity index is 209. The Morgan fingerprint density at radius 1 is 1.67 bits per heavy atom. The number of ether oxygens (including phenoxy) is 1. The number of hydrogen-bond acceptors (Lipinski definition) is 3. The number of hydrogen-bond donors (Lipinski definition) is 1. The lowest BCUT2D eigenvalue weighted by Gasteiger charge is -2.34. The van der Waals surface area contributed by atoms with Crippen LogP contribution in [0.25, 0.3) is 0 Å². The Labute approximate surface area is 92.0 Å². The molecule has 88 valence electrons. The van der Waals surface area contributed by atoms with Gasteiger partial charge in [-0.05, 0) is 20.3 Å². The zero-order chi connectivity index (χ0) is 11.3. The van der Waals surface area contributed by atoms with Crippen LogP contribution in [-0.4, -0.2) is 49.7 Å². The first-order valence-electron chi connectivity index (χ1n) is 5.68. The molecule has 0 saturated carbocycles. The molecule has 0 aliphatic carbocycles. The van der Waals surface area contributed by atoms with E-state index in [0.29, 0.717) is 12.5 Å². The number of amides is 1. The third-order valence-corrected chi connectivity index (χ3v) is 2.99. The van der Waals surface area contributed by atoms with Gasteiger partial charge < -0.3 is 15.0 Å². The van der Waals surface area contributed by atoms with Crippen LogP contribution in [0.4, 0.5) is 0 Å². The quantitative estimate of drug-likeness (QED) is 0.746. The zero-order valence-corrected chi connectivity index (χ0v) is 9.95. The maximum absolute atomic E-state index is 11.9. The van der Waals surface area contributed by atoms with Crippen LogP contribution >= 0.6 is 0 Å². The van der Waals surface area contributed by atoms with E-state index in [1.165, 1.54) is 0 Å². The van der Waals surface area contributed by atoms with E-state index in [2.05, 4.69) is 12.2 Å². The molecule has 1 aliphatic rings. The first-order valence-corrected chi connectivity index (χ1v) is 5.68. The summed E-state index contributed by atoms with van der Waals surface area (Å²) in [6, 6.07) is 0.323. The second-order valence-corrected chi connectivity index (χ2v) is 4.23. The van der Waals surface area contributed by atoms with Gasteiger partial charge in [-0.1, -0.05) is 0 Å². The van der Waals surface area contributed by atoms with Crippen molar-refractivity contribution in [1.29, 1.82) is 0 Å². The topological polar surface area (TPSA) is 41.6 Å². The molecule has 0 aromatic rings. The van der Waals surface area contributed by atoms with Crippen LogP contribution in [0.3, 0.4) is 0 Å². The lowest BCUT2D eigenvalue weighted by molar-refractivity contribution is -0.134. The molecule has 2 unspecified atom stereocenters. The van der Waals surface area contributed by atoms with Crippen molar-refractivity contribution in [1.82, 2.24) is 10.2 Å². The molecule has 1 aliphatic heterocycles. The van der Waals surface area contributed by atoms with Crippen LogP contribution in [0, 0.1) is 0 Å². The van der Waals surface area contributed by atoms with Gasteiger partial charge in [-0.2, -0.15) is 0 Å². The molecule has 4 heteroatoms. The van der Waals surface area contributed by atoms with Crippen molar-refractivity contribution in [3.8, 4) is 0 Å². The first-order chi connectivity index (χ1) is 7.15. The standard InChI is InChI=1S/C11H22N2O2/c1-9-8-12-6-7-13(9)11(14)5-4-10(2)15-3/h9-10,12H,4-8H2,1-3H3. The molecule has 4 nitrogen and oxygen atoms in total. The van der Waals surface area contributed by atoms with Gasteiger partial charge in [-0.25, -0.2) is 0 Å². The molecule has 0 spiro atoms. The number of nitrogens with one attached hydrogen (secondary N) is 1. The highest BCUT2D eigenvalue weighted by atomic mass is 16.5. The molecule has 0 bridgehead atoms. The Morgan fingerprint density at radius 2 is 2.40 bits per heavy atom. The number of rotatable bonds is 4. The van der Waals surface area contributed by atoms with Crippen molar-refractivity contribution in [2.24, 2.45) is 0 Å². The van der Waals surface area contributed by atoms with Crippen LogP contribution in [0.2, 0.25) is 0 Å². The first kappa shape index (κ1) is 12.5. The van der Waals surface area contributed by atoms with Crippen LogP contribution in [0.1, 0.15) is 26.7 Å². The van der Waals surface area contributed by atoms with Gasteiger partial charge in [-0.15, -0.1) is 0 Å².